The molecule has 0 spiro atoms. The highest BCUT2D eigenvalue weighted by molar-refractivity contribution is 7.89. The maximum atomic E-state index is 12.8. The third kappa shape index (κ3) is 5.04. The standard InChI is InChI=1S/C21H26ClN3O4S/c22-18-7-3-5-16(11-18)12-19-13-23-21(29-19)17-6-4-8-24(14-17)20(26)15-25-9-1-2-10-30(25,27)28/h3,5,7,11,13,17H,1-2,4,6,8-10,12,14-15H2/t17-/m1/s1. The van der Waals surface area contributed by atoms with E-state index in [1.54, 1.807) is 11.1 Å². The summed E-state index contributed by atoms with van der Waals surface area (Å²) in [5.74, 6) is 1.41. The van der Waals surface area contributed by atoms with Crippen molar-refractivity contribution < 1.29 is 17.6 Å². The van der Waals surface area contributed by atoms with Crippen LogP contribution in [0.4, 0.5) is 0 Å². The highest BCUT2D eigenvalue weighted by Crippen LogP contribution is 2.28. The summed E-state index contributed by atoms with van der Waals surface area (Å²) in [6.45, 7) is 1.50. The summed E-state index contributed by atoms with van der Waals surface area (Å²) < 4.78 is 31.7. The molecular formula is C21H26ClN3O4S. The van der Waals surface area contributed by atoms with Gasteiger partial charge in [0.2, 0.25) is 15.9 Å². The van der Waals surface area contributed by atoms with Crippen molar-refractivity contribution in [3.8, 4) is 0 Å². The average Bonchev–Trinajstić information content (AvgIpc) is 3.18. The molecule has 0 N–H and O–H groups in total. The van der Waals surface area contributed by atoms with Crippen LogP contribution in [-0.2, 0) is 21.2 Å². The van der Waals surface area contributed by atoms with Gasteiger partial charge in [-0.1, -0.05) is 23.7 Å². The molecule has 1 amide bonds. The van der Waals surface area contributed by atoms with Crippen LogP contribution in [0.3, 0.4) is 0 Å². The van der Waals surface area contributed by atoms with Gasteiger partial charge >= 0.3 is 0 Å². The number of oxazole rings is 1. The van der Waals surface area contributed by atoms with Crippen molar-refractivity contribution in [1.29, 1.82) is 0 Å². The van der Waals surface area contributed by atoms with Gasteiger partial charge in [0.15, 0.2) is 5.89 Å². The van der Waals surface area contributed by atoms with E-state index in [4.69, 9.17) is 16.0 Å². The molecule has 2 aliphatic rings. The van der Waals surface area contributed by atoms with E-state index in [2.05, 4.69) is 4.98 Å². The van der Waals surface area contributed by atoms with Crippen LogP contribution in [0.1, 0.15) is 48.8 Å². The maximum absolute atomic E-state index is 12.8. The van der Waals surface area contributed by atoms with Crippen molar-refractivity contribution in [2.24, 2.45) is 0 Å². The topological polar surface area (TPSA) is 83.7 Å². The van der Waals surface area contributed by atoms with E-state index < -0.39 is 10.0 Å². The van der Waals surface area contributed by atoms with E-state index in [-0.39, 0.29) is 24.1 Å². The second-order valence-corrected chi connectivity index (χ2v) is 10.5. The third-order valence-electron chi connectivity index (χ3n) is 5.73. The first kappa shape index (κ1) is 21.3. The van der Waals surface area contributed by atoms with Gasteiger partial charge in [-0.25, -0.2) is 13.4 Å². The number of sulfonamides is 1. The van der Waals surface area contributed by atoms with Crippen molar-refractivity contribution in [1.82, 2.24) is 14.2 Å². The fourth-order valence-electron chi connectivity index (χ4n) is 4.12. The summed E-state index contributed by atoms with van der Waals surface area (Å²) in [5.41, 5.74) is 1.05. The molecule has 0 saturated carbocycles. The molecule has 1 atom stereocenters. The van der Waals surface area contributed by atoms with Gasteiger partial charge in [-0.3, -0.25) is 4.79 Å². The maximum Gasteiger partial charge on any atom is 0.237 e. The smallest absolute Gasteiger partial charge is 0.237 e. The van der Waals surface area contributed by atoms with E-state index in [1.807, 2.05) is 24.3 Å². The summed E-state index contributed by atoms with van der Waals surface area (Å²) in [5, 5.41) is 0.685. The molecule has 2 aromatic rings. The van der Waals surface area contributed by atoms with E-state index in [0.717, 1.165) is 30.6 Å². The quantitative estimate of drug-likeness (QED) is 0.697. The highest BCUT2D eigenvalue weighted by atomic mass is 35.5. The van der Waals surface area contributed by atoms with Gasteiger partial charge in [0.05, 0.1) is 24.4 Å². The lowest BCUT2D eigenvalue weighted by Gasteiger charge is -2.33. The Morgan fingerprint density at radius 3 is 2.90 bits per heavy atom. The Balaban J connectivity index is 1.38. The normalized spacial score (nSPS) is 22.2. The molecule has 9 heteroatoms. The number of rotatable bonds is 5. The zero-order valence-corrected chi connectivity index (χ0v) is 18.4. The van der Waals surface area contributed by atoms with Crippen molar-refractivity contribution in [2.75, 3.05) is 31.9 Å². The van der Waals surface area contributed by atoms with Gasteiger partial charge in [-0.15, -0.1) is 0 Å². The number of piperidine rings is 1. The third-order valence-corrected chi connectivity index (χ3v) is 7.87. The van der Waals surface area contributed by atoms with E-state index in [0.29, 0.717) is 43.4 Å². The van der Waals surface area contributed by atoms with Crippen LogP contribution in [-0.4, -0.2) is 60.4 Å². The molecule has 2 fully saturated rings. The fraction of sp³-hybridized carbons (Fsp3) is 0.524. The van der Waals surface area contributed by atoms with Crippen molar-refractivity contribution in [3.05, 3.63) is 52.7 Å². The minimum atomic E-state index is -3.31. The van der Waals surface area contributed by atoms with Crippen molar-refractivity contribution in [3.63, 3.8) is 0 Å². The molecule has 3 heterocycles. The molecule has 1 aromatic carbocycles. The molecule has 7 nitrogen and oxygen atoms in total. The summed E-state index contributed by atoms with van der Waals surface area (Å²) in [7, 11) is -3.31. The lowest BCUT2D eigenvalue weighted by molar-refractivity contribution is -0.132. The predicted molar refractivity (Wildman–Crippen MR) is 114 cm³/mol. The van der Waals surface area contributed by atoms with Crippen LogP contribution in [0.25, 0.3) is 0 Å². The molecule has 0 bridgehead atoms. The molecule has 0 unspecified atom stereocenters. The van der Waals surface area contributed by atoms with E-state index in [1.165, 1.54) is 4.31 Å². The Morgan fingerprint density at radius 1 is 1.23 bits per heavy atom. The molecule has 30 heavy (non-hydrogen) atoms. The van der Waals surface area contributed by atoms with E-state index >= 15 is 0 Å². The number of benzene rings is 1. The first-order valence-corrected chi connectivity index (χ1v) is 12.3. The summed E-state index contributed by atoms with van der Waals surface area (Å²) in [6, 6.07) is 7.63. The zero-order chi connectivity index (χ0) is 21.1. The van der Waals surface area contributed by atoms with Gasteiger partial charge in [0.1, 0.15) is 5.76 Å². The SMILES string of the molecule is O=C(CN1CCCCS1(=O)=O)N1CCC[C@@H](c2ncc(Cc3cccc(Cl)c3)o2)C1. The number of hydrogen-bond acceptors (Lipinski definition) is 5. The number of likely N-dealkylation sites (tertiary alicyclic amines) is 1. The van der Waals surface area contributed by atoms with Gasteiger partial charge in [0.25, 0.3) is 0 Å². The van der Waals surface area contributed by atoms with Crippen molar-refractivity contribution in [2.45, 2.75) is 38.0 Å². The van der Waals surface area contributed by atoms with Crippen LogP contribution in [0, 0.1) is 0 Å². The Labute approximate surface area is 182 Å². The predicted octanol–water partition coefficient (Wildman–Crippen LogP) is 3.05. The Bertz CT molecular complexity index is 1010. The Hall–Kier alpha value is -1.90. The number of halogens is 1. The van der Waals surface area contributed by atoms with Crippen LogP contribution in [0.15, 0.2) is 34.9 Å². The van der Waals surface area contributed by atoms with E-state index in [9.17, 15) is 13.2 Å². The summed E-state index contributed by atoms with van der Waals surface area (Å²) in [6.07, 6.45) is 5.55. The average molecular weight is 452 g/mol. The number of carbonyl (C=O) groups excluding carboxylic acids is 1. The molecule has 1 aromatic heterocycles. The van der Waals surface area contributed by atoms with Crippen LogP contribution in [0.2, 0.25) is 5.02 Å². The minimum Gasteiger partial charge on any atom is -0.445 e. The van der Waals surface area contributed by atoms with Gasteiger partial charge in [0, 0.05) is 31.1 Å². The summed E-state index contributed by atoms with van der Waals surface area (Å²) in [4.78, 5) is 19.0. The highest BCUT2D eigenvalue weighted by Gasteiger charge is 2.32. The minimum absolute atomic E-state index is 0.0220. The molecule has 162 valence electrons. The zero-order valence-electron chi connectivity index (χ0n) is 16.8. The van der Waals surface area contributed by atoms with Gasteiger partial charge < -0.3 is 9.32 Å². The Morgan fingerprint density at radius 2 is 2.10 bits per heavy atom. The lowest BCUT2D eigenvalue weighted by atomic mass is 9.98. The molecule has 4 rings (SSSR count). The van der Waals surface area contributed by atoms with Gasteiger partial charge in [-0.2, -0.15) is 4.31 Å². The largest absolute Gasteiger partial charge is 0.445 e. The Kier molecular flexibility index (Phi) is 6.46. The van der Waals surface area contributed by atoms with Crippen LogP contribution in [0.5, 0.6) is 0 Å². The second-order valence-electron chi connectivity index (χ2n) is 8.01. The summed E-state index contributed by atoms with van der Waals surface area (Å²) >= 11 is 6.05. The molecule has 0 radical (unpaired) electrons. The van der Waals surface area contributed by atoms with Gasteiger partial charge in [-0.05, 0) is 43.4 Å². The number of hydrogen-bond donors (Lipinski definition) is 0. The van der Waals surface area contributed by atoms with Crippen LogP contribution >= 0.6 is 11.6 Å². The van der Waals surface area contributed by atoms with Crippen LogP contribution < -0.4 is 0 Å². The first-order valence-electron chi connectivity index (χ1n) is 10.4. The number of carbonyl (C=O) groups is 1. The number of amides is 1. The molecule has 2 aliphatic heterocycles. The number of nitrogens with zero attached hydrogens (tertiary/aromatic N) is 3. The monoisotopic (exact) mass is 451 g/mol. The molecule has 0 aliphatic carbocycles. The molecular weight excluding hydrogens is 426 g/mol. The fourth-order valence-corrected chi connectivity index (χ4v) is 5.87. The van der Waals surface area contributed by atoms with Crippen molar-refractivity contribution >= 4 is 27.5 Å². The first-order chi connectivity index (χ1) is 14.4. The molecule has 2 saturated heterocycles. The lowest BCUT2D eigenvalue weighted by Crippen LogP contribution is -2.48. The second kappa shape index (κ2) is 9.08. The number of aromatic nitrogens is 1.